The fraction of sp³-hybridized carbons (Fsp3) is 0. The van der Waals surface area contributed by atoms with Crippen LogP contribution in [0.25, 0.3) is 11.3 Å². The molecule has 0 unspecified atom stereocenters. The van der Waals surface area contributed by atoms with E-state index in [9.17, 15) is 9.18 Å². The van der Waals surface area contributed by atoms with Crippen molar-refractivity contribution in [3.05, 3.63) is 72.5 Å². The first-order valence-electron chi connectivity index (χ1n) is 6.30. The van der Waals surface area contributed by atoms with Crippen LogP contribution in [-0.2, 0) is 0 Å². The van der Waals surface area contributed by atoms with E-state index in [2.05, 4.69) is 10.3 Å². The molecule has 0 atom stereocenters. The highest BCUT2D eigenvalue weighted by molar-refractivity contribution is 6.02. The fourth-order valence-corrected chi connectivity index (χ4v) is 1.89. The van der Waals surface area contributed by atoms with Crippen LogP contribution in [0.2, 0.25) is 0 Å². The Labute approximate surface area is 120 Å². The minimum atomic E-state index is -0.399. The number of nitrogens with one attached hydrogen (secondary N) is 1. The molecule has 4 nitrogen and oxygen atoms in total. The fourth-order valence-electron chi connectivity index (χ4n) is 1.89. The smallest absolute Gasteiger partial charge is 0.291 e. The highest BCUT2D eigenvalue weighted by Crippen LogP contribution is 2.25. The molecule has 0 bridgehead atoms. The molecule has 0 saturated heterocycles. The molecule has 21 heavy (non-hydrogen) atoms. The summed E-state index contributed by atoms with van der Waals surface area (Å²) >= 11 is 0. The standard InChI is InChI=1S/C16H11FN2O2/c17-13-4-2-1-3-12(13)14-5-6-15(21-14)16(20)19-11-7-9-18-10-8-11/h1-10H,(H,18,19,20). The van der Waals surface area contributed by atoms with Crippen LogP contribution < -0.4 is 5.32 Å². The number of pyridine rings is 1. The van der Waals surface area contributed by atoms with E-state index in [-0.39, 0.29) is 5.76 Å². The number of carbonyl (C=O) groups is 1. The van der Waals surface area contributed by atoms with Crippen molar-refractivity contribution in [2.75, 3.05) is 5.32 Å². The lowest BCUT2D eigenvalue weighted by molar-refractivity contribution is 0.0997. The third kappa shape index (κ3) is 2.81. The van der Waals surface area contributed by atoms with Gasteiger partial charge in [0.2, 0.25) is 0 Å². The molecule has 0 radical (unpaired) electrons. The summed E-state index contributed by atoms with van der Waals surface area (Å²) in [5, 5.41) is 2.67. The van der Waals surface area contributed by atoms with Crippen LogP contribution in [0, 0.1) is 5.82 Å². The van der Waals surface area contributed by atoms with Gasteiger partial charge in [0, 0.05) is 18.1 Å². The maximum absolute atomic E-state index is 13.7. The Balaban J connectivity index is 1.82. The van der Waals surface area contributed by atoms with E-state index in [1.165, 1.54) is 12.1 Å². The van der Waals surface area contributed by atoms with E-state index in [0.717, 1.165) is 0 Å². The summed E-state index contributed by atoms with van der Waals surface area (Å²) in [6.07, 6.45) is 3.14. The van der Waals surface area contributed by atoms with Gasteiger partial charge in [-0.25, -0.2) is 4.39 Å². The predicted octanol–water partition coefficient (Wildman–Crippen LogP) is 3.73. The van der Waals surface area contributed by atoms with Crippen molar-refractivity contribution in [3.8, 4) is 11.3 Å². The van der Waals surface area contributed by atoms with E-state index in [1.54, 1.807) is 48.8 Å². The van der Waals surface area contributed by atoms with Gasteiger partial charge in [0.25, 0.3) is 5.91 Å². The minimum Gasteiger partial charge on any atom is -0.451 e. The second kappa shape index (κ2) is 5.58. The minimum absolute atomic E-state index is 0.116. The van der Waals surface area contributed by atoms with E-state index < -0.39 is 11.7 Å². The molecule has 2 aromatic heterocycles. The number of hydrogen-bond acceptors (Lipinski definition) is 3. The molecule has 0 aliphatic carbocycles. The lowest BCUT2D eigenvalue weighted by atomic mass is 10.1. The zero-order valence-corrected chi connectivity index (χ0v) is 10.9. The third-order valence-electron chi connectivity index (χ3n) is 2.91. The number of rotatable bonds is 3. The Morgan fingerprint density at radius 1 is 1.05 bits per heavy atom. The largest absolute Gasteiger partial charge is 0.451 e. The summed E-state index contributed by atoms with van der Waals surface area (Å²) in [5.74, 6) is -0.366. The maximum Gasteiger partial charge on any atom is 0.291 e. The molecule has 1 aromatic carbocycles. The number of nitrogens with zero attached hydrogens (tertiary/aromatic N) is 1. The zero-order chi connectivity index (χ0) is 14.7. The molecule has 1 amide bonds. The summed E-state index contributed by atoms with van der Waals surface area (Å²) in [5.41, 5.74) is 0.930. The second-order valence-electron chi connectivity index (χ2n) is 4.33. The molecule has 0 aliphatic heterocycles. The monoisotopic (exact) mass is 282 g/mol. The first-order valence-corrected chi connectivity index (χ1v) is 6.30. The summed E-state index contributed by atoms with van der Waals surface area (Å²) in [7, 11) is 0. The van der Waals surface area contributed by atoms with E-state index in [0.29, 0.717) is 17.0 Å². The molecule has 104 valence electrons. The molecule has 0 fully saturated rings. The van der Waals surface area contributed by atoms with Gasteiger partial charge in [0.05, 0.1) is 5.56 Å². The molecule has 1 N–H and O–H groups in total. The van der Waals surface area contributed by atoms with Gasteiger partial charge in [-0.3, -0.25) is 9.78 Å². The number of amides is 1. The molecule has 3 aromatic rings. The number of hydrogen-bond donors (Lipinski definition) is 1. The molecule has 5 heteroatoms. The number of aromatic nitrogens is 1. The highest BCUT2D eigenvalue weighted by atomic mass is 19.1. The molecular formula is C16H11FN2O2. The number of benzene rings is 1. The summed E-state index contributed by atoms with van der Waals surface area (Å²) in [4.78, 5) is 15.9. The van der Waals surface area contributed by atoms with E-state index >= 15 is 0 Å². The van der Waals surface area contributed by atoms with Crippen molar-refractivity contribution in [3.63, 3.8) is 0 Å². The van der Waals surface area contributed by atoms with E-state index in [1.807, 2.05) is 0 Å². The lowest BCUT2D eigenvalue weighted by Gasteiger charge is -2.02. The summed E-state index contributed by atoms with van der Waals surface area (Å²) < 4.78 is 19.1. The third-order valence-corrected chi connectivity index (χ3v) is 2.91. The van der Waals surface area contributed by atoms with Crippen molar-refractivity contribution in [2.45, 2.75) is 0 Å². The molecule has 3 rings (SSSR count). The number of carbonyl (C=O) groups excluding carboxylic acids is 1. The highest BCUT2D eigenvalue weighted by Gasteiger charge is 2.14. The Kier molecular flexibility index (Phi) is 3.47. The topological polar surface area (TPSA) is 55.1 Å². The van der Waals surface area contributed by atoms with Gasteiger partial charge in [0.1, 0.15) is 11.6 Å². The normalized spacial score (nSPS) is 10.3. The van der Waals surface area contributed by atoms with Gasteiger partial charge in [-0.2, -0.15) is 0 Å². The molecule has 0 aliphatic rings. The van der Waals surface area contributed by atoms with Crippen LogP contribution >= 0.6 is 0 Å². The van der Waals surface area contributed by atoms with Crippen molar-refractivity contribution in [1.82, 2.24) is 4.98 Å². The second-order valence-corrected chi connectivity index (χ2v) is 4.33. The molecule has 0 saturated carbocycles. The van der Waals surface area contributed by atoms with Gasteiger partial charge in [-0.05, 0) is 36.4 Å². The lowest BCUT2D eigenvalue weighted by Crippen LogP contribution is -2.10. The van der Waals surface area contributed by atoms with Gasteiger partial charge in [0.15, 0.2) is 5.76 Å². The van der Waals surface area contributed by atoms with Crippen LogP contribution in [-0.4, -0.2) is 10.9 Å². The summed E-state index contributed by atoms with van der Waals surface area (Å²) in [6.45, 7) is 0. The Bertz CT molecular complexity index is 769. The van der Waals surface area contributed by atoms with Crippen LogP contribution in [0.1, 0.15) is 10.6 Å². The summed E-state index contributed by atoms with van der Waals surface area (Å²) in [6, 6.07) is 12.7. The Morgan fingerprint density at radius 2 is 1.81 bits per heavy atom. The average Bonchev–Trinajstić information content (AvgIpc) is 2.98. The van der Waals surface area contributed by atoms with Crippen molar-refractivity contribution >= 4 is 11.6 Å². The van der Waals surface area contributed by atoms with E-state index in [4.69, 9.17) is 4.42 Å². The number of halogens is 1. The SMILES string of the molecule is O=C(Nc1ccncc1)c1ccc(-c2ccccc2F)o1. The van der Waals surface area contributed by atoms with Crippen molar-refractivity contribution < 1.29 is 13.6 Å². The van der Waals surface area contributed by atoms with Crippen molar-refractivity contribution in [2.24, 2.45) is 0 Å². The van der Waals surface area contributed by atoms with Crippen molar-refractivity contribution in [1.29, 1.82) is 0 Å². The maximum atomic E-state index is 13.7. The first-order chi connectivity index (χ1) is 10.2. The number of furan rings is 1. The predicted molar refractivity (Wildman–Crippen MR) is 76.3 cm³/mol. The van der Waals surface area contributed by atoms with Crippen LogP contribution in [0.3, 0.4) is 0 Å². The zero-order valence-electron chi connectivity index (χ0n) is 10.9. The van der Waals surface area contributed by atoms with Gasteiger partial charge in [-0.15, -0.1) is 0 Å². The van der Waals surface area contributed by atoms with Gasteiger partial charge < -0.3 is 9.73 Å². The quantitative estimate of drug-likeness (QED) is 0.796. The van der Waals surface area contributed by atoms with Crippen LogP contribution in [0.4, 0.5) is 10.1 Å². The Morgan fingerprint density at radius 3 is 2.57 bits per heavy atom. The Hall–Kier alpha value is -2.95. The van der Waals surface area contributed by atoms with Gasteiger partial charge >= 0.3 is 0 Å². The average molecular weight is 282 g/mol. The first kappa shape index (κ1) is 13.1. The molecule has 0 spiro atoms. The van der Waals surface area contributed by atoms with Crippen LogP contribution in [0.15, 0.2) is 65.3 Å². The van der Waals surface area contributed by atoms with Gasteiger partial charge in [-0.1, -0.05) is 12.1 Å². The molecular weight excluding hydrogens is 271 g/mol. The number of anilines is 1. The molecule has 2 heterocycles. The van der Waals surface area contributed by atoms with Crippen LogP contribution in [0.5, 0.6) is 0 Å².